The van der Waals surface area contributed by atoms with Crippen molar-refractivity contribution in [1.29, 1.82) is 0 Å². The van der Waals surface area contributed by atoms with Crippen molar-refractivity contribution in [2.75, 3.05) is 7.11 Å². The van der Waals surface area contributed by atoms with E-state index in [-0.39, 0.29) is 0 Å². The molecule has 0 amide bonds. The van der Waals surface area contributed by atoms with Gasteiger partial charge in [0.2, 0.25) is 0 Å². The molecule has 4 aromatic rings. The second-order valence-corrected chi connectivity index (χ2v) is 5.86. The molecule has 4 rings (SSSR count). The van der Waals surface area contributed by atoms with Gasteiger partial charge < -0.3 is 9.72 Å². The summed E-state index contributed by atoms with van der Waals surface area (Å²) in [6, 6.07) is 20.9. The van der Waals surface area contributed by atoms with Gasteiger partial charge in [0.15, 0.2) is 18.9 Å². The van der Waals surface area contributed by atoms with Crippen LogP contribution in [0, 0.1) is 0 Å². The number of ether oxygens (including phenoxy) is 1. The summed E-state index contributed by atoms with van der Waals surface area (Å²) in [7, 11) is 1.69. The normalized spacial score (nSPS) is 10.9. The Morgan fingerprint density at radius 3 is 2.50 bits per heavy atom. The summed E-state index contributed by atoms with van der Waals surface area (Å²) in [5.74, 6) is 0.865. The van der Waals surface area contributed by atoms with E-state index in [1.54, 1.807) is 7.11 Å². The zero-order valence-corrected chi connectivity index (χ0v) is 13.6. The highest BCUT2D eigenvalue weighted by molar-refractivity contribution is 5.96. The van der Waals surface area contributed by atoms with Crippen molar-refractivity contribution in [2.24, 2.45) is 0 Å². The number of fused-ring (bicyclic) bond motifs is 1. The molecule has 0 aliphatic heterocycles. The Bertz CT molecular complexity index is 956. The molecule has 118 valence electrons. The molecule has 0 saturated heterocycles. The van der Waals surface area contributed by atoms with Crippen LogP contribution in [0.2, 0.25) is 0 Å². The average molecular weight is 315 g/mol. The van der Waals surface area contributed by atoms with Gasteiger partial charge in [0.05, 0.1) is 7.11 Å². The van der Waals surface area contributed by atoms with Crippen molar-refractivity contribution in [2.45, 2.75) is 6.54 Å². The minimum Gasteiger partial charge on any atom is -0.497 e. The number of H-pyrrole nitrogens is 1. The summed E-state index contributed by atoms with van der Waals surface area (Å²) in [5, 5.41) is 1.21. The third-order valence-electron chi connectivity index (χ3n) is 4.30. The average Bonchev–Trinajstić information content (AvgIpc) is 3.06. The highest BCUT2D eigenvalue weighted by atomic mass is 16.5. The molecular weight excluding hydrogens is 296 g/mol. The van der Waals surface area contributed by atoms with Crippen molar-refractivity contribution in [3.63, 3.8) is 0 Å². The lowest BCUT2D eigenvalue weighted by Crippen LogP contribution is -2.32. The Labute approximate surface area is 141 Å². The number of aromatic nitrogens is 2. The molecule has 24 heavy (non-hydrogen) atoms. The van der Waals surface area contributed by atoms with Crippen molar-refractivity contribution in [3.8, 4) is 16.9 Å². The van der Waals surface area contributed by atoms with Crippen LogP contribution >= 0.6 is 0 Å². The van der Waals surface area contributed by atoms with Gasteiger partial charge in [-0.3, -0.25) is 0 Å². The van der Waals surface area contributed by atoms with E-state index >= 15 is 0 Å². The number of nitrogens with one attached hydrogen (secondary N) is 1. The number of pyridine rings is 1. The molecule has 0 spiro atoms. The van der Waals surface area contributed by atoms with Gasteiger partial charge in [-0.25, -0.2) is 4.57 Å². The van der Waals surface area contributed by atoms with Crippen LogP contribution in [0.25, 0.3) is 22.0 Å². The van der Waals surface area contributed by atoms with Crippen LogP contribution in [-0.2, 0) is 6.54 Å². The minimum absolute atomic E-state index is 0.865. The summed E-state index contributed by atoms with van der Waals surface area (Å²) in [4.78, 5) is 3.33. The van der Waals surface area contributed by atoms with E-state index in [9.17, 15) is 0 Å². The first-order chi connectivity index (χ1) is 11.8. The summed E-state index contributed by atoms with van der Waals surface area (Å²) in [6.45, 7) is 0.881. The van der Waals surface area contributed by atoms with E-state index in [0.717, 1.165) is 17.8 Å². The zero-order chi connectivity index (χ0) is 16.4. The highest BCUT2D eigenvalue weighted by Crippen LogP contribution is 2.30. The number of rotatable bonds is 4. The van der Waals surface area contributed by atoms with Gasteiger partial charge in [-0.2, -0.15) is 0 Å². The maximum Gasteiger partial charge on any atom is 0.173 e. The lowest BCUT2D eigenvalue weighted by atomic mass is 10.1. The van der Waals surface area contributed by atoms with E-state index in [1.807, 2.05) is 18.2 Å². The van der Waals surface area contributed by atoms with Crippen LogP contribution in [0.15, 0.2) is 79.3 Å². The molecule has 0 radical (unpaired) electrons. The van der Waals surface area contributed by atoms with E-state index < -0.39 is 0 Å². The number of benzene rings is 2. The van der Waals surface area contributed by atoms with E-state index in [1.165, 1.54) is 22.1 Å². The molecule has 0 atom stereocenters. The lowest BCUT2D eigenvalue weighted by molar-refractivity contribution is -0.688. The number of hydrogen-bond donors (Lipinski definition) is 1. The van der Waals surface area contributed by atoms with Crippen molar-refractivity contribution < 1.29 is 9.30 Å². The van der Waals surface area contributed by atoms with Crippen molar-refractivity contribution in [3.05, 3.63) is 84.8 Å². The fraction of sp³-hybridized carbons (Fsp3) is 0.0952. The largest absolute Gasteiger partial charge is 0.497 e. The first-order valence-electron chi connectivity index (χ1n) is 8.02. The molecule has 2 heterocycles. The Kier molecular flexibility index (Phi) is 3.75. The van der Waals surface area contributed by atoms with Crippen LogP contribution in [0.1, 0.15) is 5.56 Å². The topological polar surface area (TPSA) is 28.9 Å². The van der Waals surface area contributed by atoms with E-state index in [2.05, 4.69) is 70.6 Å². The molecule has 0 fully saturated rings. The zero-order valence-electron chi connectivity index (χ0n) is 13.6. The molecule has 1 N–H and O–H groups in total. The smallest absolute Gasteiger partial charge is 0.173 e. The quantitative estimate of drug-likeness (QED) is 0.562. The van der Waals surface area contributed by atoms with Crippen LogP contribution < -0.4 is 9.30 Å². The number of aromatic amines is 1. The molecule has 3 nitrogen and oxygen atoms in total. The molecule has 2 aromatic heterocycles. The molecule has 3 heteroatoms. The van der Waals surface area contributed by atoms with Gasteiger partial charge in [-0.15, -0.1) is 0 Å². The van der Waals surface area contributed by atoms with Crippen LogP contribution in [0.5, 0.6) is 5.75 Å². The molecular formula is C21H19N2O+. The lowest BCUT2D eigenvalue weighted by Gasteiger charge is -2.02. The Morgan fingerprint density at radius 1 is 0.958 bits per heavy atom. The minimum atomic E-state index is 0.865. The number of nitrogens with zero attached hydrogens (tertiary/aromatic N) is 1. The van der Waals surface area contributed by atoms with Crippen molar-refractivity contribution >= 4 is 10.9 Å². The first-order valence-corrected chi connectivity index (χ1v) is 8.02. The van der Waals surface area contributed by atoms with E-state index in [0.29, 0.717) is 0 Å². The van der Waals surface area contributed by atoms with Gasteiger partial charge in [-0.1, -0.05) is 30.3 Å². The fourth-order valence-electron chi connectivity index (χ4n) is 3.01. The van der Waals surface area contributed by atoms with E-state index in [4.69, 9.17) is 4.74 Å². The molecule has 2 aromatic carbocycles. The third kappa shape index (κ3) is 2.76. The molecule has 0 saturated carbocycles. The monoisotopic (exact) mass is 315 g/mol. The Morgan fingerprint density at radius 2 is 1.75 bits per heavy atom. The second-order valence-electron chi connectivity index (χ2n) is 5.86. The second kappa shape index (κ2) is 6.20. The summed E-state index contributed by atoms with van der Waals surface area (Å²) in [6.07, 6.45) is 6.32. The van der Waals surface area contributed by atoms with Crippen molar-refractivity contribution in [1.82, 2.24) is 4.98 Å². The van der Waals surface area contributed by atoms with Gasteiger partial charge in [-0.05, 0) is 17.7 Å². The maximum absolute atomic E-state index is 5.29. The van der Waals surface area contributed by atoms with Gasteiger partial charge >= 0.3 is 0 Å². The van der Waals surface area contributed by atoms with Gasteiger partial charge in [0.25, 0.3) is 0 Å². The Hall–Kier alpha value is -3.07. The van der Waals surface area contributed by atoms with Gasteiger partial charge in [0.1, 0.15) is 5.75 Å². The molecule has 0 bridgehead atoms. The van der Waals surface area contributed by atoms with Crippen LogP contribution in [0.4, 0.5) is 0 Å². The number of methoxy groups -OCH3 is 1. The summed E-state index contributed by atoms with van der Waals surface area (Å²) >= 11 is 0. The molecule has 0 aliphatic rings. The maximum atomic E-state index is 5.29. The standard InChI is InChI=1S/C21H18N2O/c1-24-18-7-8-19-20(14-22-21(19)13-18)17-9-11-23(12-10-17)15-16-5-3-2-4-6-16/h2-14H,15H2,1H3/p+1. The number of hydrogen-bond acceptors (Lipinski definition) is 1. The first kappa shape index (κ1) is 14.5. The SMILES string of the molecule is COc1ccc2c(-c3cc[n+](Cc4ccccc4)cc3)c[nH]c2c1. The third-order valence-corrected chi connectivity index (χ3v) is 4.30. The Balaban J connectivity index is 1.63. The predicted octanol–water partition coefficient (Wildman–Crippen LogP) is 4.18. The summed E-state index contributed by atoms with van der Waals surface area (Å²) < 4.78 is 7.48. The van der Waals surface area contributed by atoms with Crippen LogP contribution in [0.3, 0.4) is 0 Å². The predicted molar refractivity (Wildman–Crippen MR) is 96.0 cm³/mol. The molecule has 0 unspecified atom stereocenters. The van der Waals surface area contributed by atoms with Gasteiger partial charge in [0, 0.05) is 46.4 Å². The molecule has 0 aliphatic carbocycles. The van der Waals surface area contributed by atoms with Crippen LogP contribution in [-0.4, -0.2) is 12.1 Å². The summed E-state index contributed by atoms with van der Waals surface area (Å²) in [5.41, 5.74) is 4.80. The highest BCUT2D eigenvalue weighted by Gasteiger charge is 2.09. The fourth-order valence-corrected chi connectivity index (χ4v) is 3.01.